The highest BCUT2D eigenvalue weighted by molar-refractivity contribution is 7.89. The van der Waals surface area contributed by atoms with E-state index in [-0.39, 0.29) is 22.2 Å². The number of rotatable bonds is 7. The second kappa shape index (κ2) is 9.72. The second-order valence-corrected chi connectivity index (χ2v) is 10.6. The summed E-state index contributed by atoms with van der Waals surface area (Å²) in [7, 11) is -3.93. The van der Waals surface area contributed by atoms with Crippen LogP contribution in [0.15, 0.2) is 56.6 Å². The molecule has 0 saturated heterocycles. The lowest BCUT2D eigenvalue weighted by molar-refractivity contribution is -0.137. The first-order valence-corrected chi connectivity index (χ1v) is 13.1. The molecular formula is C26H29NO6S. The monoisotopic (exact) mass is 483 g/mol. The molecule has 0 unspecified atom stereocenters. The minimum absolute atomic E-state index is 0.0801. The molecule has 3 aromatic rings. The summed E-state index contributed by atoms with van der Waals surface area (Å²) >= 11 is 0. The van der Waals surface area contributed by atoms with Gasteiger partial charge < -0.3 is 9.15 Å². The zero-order valence-electron chi connectivity index (χ0n) is 19.6. The topological polar surface area (TPSA) is 103 Å². The Morgan fingerprint density at radius 2 is 1.76 bits per heavy atom. The number of hydrogen-bond donors (Lipinski definition) is 1. The van der Waals surface area contributed by atoms with Gasteiger partial charge in [0, 0.05) is 17.0 Å². The molecule has 0 fully saturated rings. The van der Waals surface area contributed by atoms with E-state index in [0.29, 0.717) is 18.4 Å². The minimum atomic E-state index is -3.93. The van der Waals surface area contributed by atoms with Gasteiger partial charge in [-0.2, -0.15) is 4.72 Å². The lowest BCUT2D eigenvalue weighted by Gasteiger charge is -2.22. The standard InChI is InChI=1S/C26H29NO6S/c1-4-17(3)24(27-34(30,31)19-12-9-16(2)10-13-19)26(29)32-18-11-14-21-20-7-5-6-8-22(20)25(28)33-23(21)15-18/h9-15,17,24,27H,4-8H2,1-3H3/t17-,24-/m1/s1. The summed E-state index contributed by atoms with van der Waals surface area (Å²) in [5.74, 6) is -0.831. The third-order valence-electron chi connectivity index (χ3n) is 6.49. The van der Waals surface area contributed by atoms with Crippen molar-refractivity contribution in [2.24, 2.45) is 5.92 Å². The van der Waals surface area contributed by atoms with E-state index >= 15 is 0 Å². The smallest absolute Gasteiger partial charge is 0.339 e. The van der Waals surface area contributed by atoms with Crippen LogP contribution in [0.1, 0.15) is 49.8 Å². The Hall–Kier alpha value is -2.97. The Bertz CT molecular complexity index is 1370. The summed E-state index contributed by atoms with van der Waals surface area (Å²) < 4.78 is 39.4. The number of sulfonamides is 1. The van der Waals surface area contributed by atoms with E-state index in [1.807, 2.05) is 13.8 Å². The number of fused-ring (bicyclic) bond motifs is 3. The maximum atomic E-state index is 13.1. The zero-order chi connectivity index (χ0) is 24.5. The Balaban J connectivity index is 1.60. The highest BCUT2D eigenvalue weighted by atomic mass is 32.2. The molecule has 7 nitrogen and oxygen atoms in total. The first kappa shape index (κ1) is 24.2. The molecule has 0 amide bonds. The molecule has 4 rings (SSSR count). The first-order valence-electron chi connectivity index (χ1n) is 11.6. The van der Waals surface area contributed by atoms with E-state index in [1.54, 1.807) is 31.2 Å². The van der Waals surface area contributed by atoms with Crippen molar-refractivity contribution in [2.75, 3.05) is 0 Å². The molecule has 34 heavy (non-hydrogen) atoms. The summed E-state index contributed by atoms with van der Waals surface area (Å²) in [6.45, 7) is 5.53. The van der Waals surface area contributed by atoms with E-state index < -0.39 is 22.0 Å². The predicted molar refractivity (Wildman–Crippen MR) is 130 cm³/mol. The molecule has 8 heteroatoms. The maximum Gasteiger partial charge on any atom is 0.339 e. The highest BCUT2D eigenvalue weighted by Gasteiger charge is 2.31. The summed E-state index contributed by atoms with van der Waals surface area (Å²) in [4.78, 5) is 25.6. The average molecular weight is 484 g/mol. The third kappa shape index (κ3) is 4.93. The number of ether oxygens (including phenoxy) is 1. The molecule has 1 heterocycles. The van der Waals surface area contributed by atoms with Crippen molar-refractivity contribution in [3.05, 3.63) is 69.6 Å². The summed E-state index contributed by atoms with van der Waals surface area (Å²) in [6, 6.07) is 10.3. The van der Waals surface area contributed by atoms with Crippen molar-refractivity contribution in [3.8, 4) is 5.75 Å². The van der Waals surface area contributed by atoms with Gasteiger partial charge in [-0.3, -0.25) is 0 Å². The molecule has 1 aromatic heterocycles. The van der Waals surface area contributed by atoms with E-state index in [0.717, 1.165) is 41.3 Å². The Kier molecular flexibility index (Phi) is 6.91. The molecule has 0 spiro atoms. The Morgan fingerprint density at radius 1 is 1.09 bits per heavy atom. The quantitative estimate of drug-likeness (QED) is 0.306. The van der Waals surface area contributed by atoms with E-state index in [4.69, 9.17) is 9.15 Å². The molecule has 0 bridgehead atoms. The second-order valence-electron chi connectivity index (χ2n) is 8.93. The molecule has 0 saturated carbocycles. The number of carbonyl (C=O) groups is 1. The van der Waals surface area contributed by atoms with Gasteiger partial charge in [0.05, 0.1) is 4.90 Å². The van der Waals surface area contributed by atoms with Crippen LogP contribution in [0.5, 0.6) is 5.75 Å². The van der Waals surface area contributed by atoms with Crippen LogP contribution in [0.3, 0.4) is 0 Å². The van der Waals surface area contributed by atoms with Crippen LogP contribution < -0.4 is 15.1 Å². The highest BCUT2D eigenvalue weighted by Crippen LogP contribution is 2.29. The van der Waals surface area contributed by atoms with Crippen molar-refractivity contribution in [2.45, 2.75) is 63.8 Å². The van der Waals surface area contributed by atoms with Crippen LogP contribution in [0.25, 0.3) is 11.0 Å². The molecule has 0 aliphatic heterocycles. The maximum absolute atomic E-state index is 13.1. The van der Waals surface area contributed by atoms with Crippen LogP contribution in [0, 0.1) is 12.8 Å². The number of carbonyl (C=O) groups excluding carboxylic acids is 1. The van der Waals surface area contributed by atoms with Gasteiger partial charge in [-0.15, -0.1) is 0 Å². The van der Waals surface area contributed by atoms with E-state index in [9.17, 15) is 18.0 Å². The molecule has 0 radical (unpaired) electrons. The zero-order valence-corrected chi connectivity index (χ0v) is 20.4. The molecule has 1 aliphatic carbocycles. The number of esters is 1. The van der Waals surface area contributed by atoms with Gasteiger partial charge in [-0.1, -0.05) is 38.0 Å². The lowest BCUT2D eigenvalue weighted by Crippen LogP contribution is -2.46. The summed E-state index contributed by atoms with van der Waals surface area (Å²) in [5.41, 5.74) is 2.66. The van der Waals surface area contributed by atoms with E-state index in [2.05, 4.69) is 4.72 Å². The molecule has 1 aliphatic rings. The minimum Gasteiger partial charge on any atom is -0.425 e. The summed E-state index contributed by atoms with van der Waals surface area (Å²) in [6.07, 6.45) is 4.07. The van der Waals surface area contributed by atoms with Crippen molar-refractivity contribution in [1.82, 2.24) is 4.72 Å². The van der Waals surface area contributed by atoms with Crippen LogP contribution in [0.4, 0.5) is 0 Å². The largest absolute Gasteiger partial charge is 0.425 e. The van der Waals surface area contributed by atoms with Crippen molar-refractivity contribution in [1.29, 1.82) is 0 Å². The average Bonchev–Trinajstić information content (AvgIpc) is 2.82. The number of nitrogens with one attached hydrogen (secondary N) is 1. The molecule has 2 aromatic carbocycles. The molecule has 180 valence electrons. The normalized spacial score (nSPS) is 15.5. The summed E-state index contributed by atoms with van der Waals surface area (Å²) in [5, 5.41) is 0.840. The van der Waals surface area contributed by atoms with Gasteiger partial charge in [0.15, 0.2) is 0 Å². The van der Waals surface area contributed by atoms with Gasteiger partial charge in [0.1, 0.15) is 17.4 Å². The lowest BCUT2D eigenvalue weighted by atomic mass is 9.91. The Labute approximate surface area is 199 Å². The van der Waals surface area contributed by atoms with Crippen molar-refractivity contribution >= 4 is 27.0 Å². The number of hydrogen-bond acceptors (Lipinski definition) is 6. The van der Waals surface area contributed by atoms with Gasteiger partial charge in [-0.25, -0.2) is 18.0 Å². The van der Waals surface area contributed by atoms with E-state index in [1.165, 1.54) is 18.2 Å². The predicted octanol–water partition coefficient (Wildman–Crippen LogP) is 4.28. The fraction of sp³-hybridized carbons (Fsp3) is 0.385. The SMILES string of the molecule is CC[C@@H](C)[C@@H](NS(=O)(=O)c1ccc(C)cc1)C(=O)Oc1ccc2c3c(c(=O)oc2c1)CCCC3. The molecule has 1 N–H and O–H groups in total. The van der Waals surface area contributed by atoms with Crippen molar-refractivity contribution in [3.63, 3.8) is 0 Å². The number of aryl methyl sites for hydroxylation is 2. The van der Waals surface area contributed by atoms with Gasteiger partial charge in [0.2, 0.25) is 10.0 Å². The van der Waals surface area contributed by atoms with Gasteiger partial charge >= 0.3 is 11.6 Å². The fourth-order valence-corrected chi connectivity index (χ4v) is 5.55. The first-order chi connectivity index (χ1) is 16.2. The van der Waals surface area contributed by atoms with Crippen LogP contribution in [-0.4, -0.2) is 20.4 Å². The van der Waals surface area contributed by atoms with Gasteiger partial charge in [-0.05, 0) is 68.4 Å². The van der Waals surface area contributed by atoms with Gasteiger partial charge in [0.25, 0.3) is 0 Å². The Morgan fingerprint density at radius 3 is 2.44 bits per heavy atom. The number of benzene rings is 2. The van der Waals surface area contributed by atoms with Crippen LogP contribution >= 0.6 is 0 Å². The van der Waals surface area contributed by atoms with Crippen molar-refractivity contribution < 1.29 is 22.4 Å². The molecule has 2 atom stereocenters. The fourth-order valence-electron chi connectivity index (χ4n) is 4.25. The van der Waals surface area contributed by atoms with Crippen LogP contribution in [0.2, 0.25) is 0 Å². The third-order valence-corrected chi connectivity index (χ3v) is 7.95. The molecular weight excluding hydrogens is 454 g/mol. The van der Waals surface area contributed by atoms with Crippen LogP contribution in [-0.2, 0) is 27.7 Å².